The summed E-state index contributed by atoms with van der Waals surface area (Å²) in [4.78, 5) is 1.23. The van der Waals surface area contributed by atoms with E-state index in [-0.39, 0.29) is 0 Å². The number of hydrogen-bond donors (Lipinski definition) is 1. The summed E-state index contributed by atoms with van der Waals surface area (Å²) >= 11 is 1.76. The van der Waals surface area contributed by atoms with Gasteiger partial charge in [-0.2, -0.15) is 0 Å². The van der Waals surface area contributed by atoms with Crippen molar-refractivity contribution in [3.05, 3.63) is 23.3 Å². The molecule has 2 fully saturated rings. The van der Waals surface area contributed by atoms with E-state index in [9.17, 15) is 0 Å². The second kappa shape index (κ2) is 5.93. The third kappa shape index (κ3) is 2.20. The van der Waals surface area contributed by atoms with Gasteiger partial charge in [0.25, 0.3) is 0 Å². The molecule has 2 aliphatic heterocycles. The average Bonchev–Trinajstić information content (AvgIpc) is 3.38. The lowest BCUT2D eigenvalue weighted by Crippen LogP contribution is -2.43. The number of hydrogen-bond acceptors (Lipinski definition) is 5. The molecule has 6 heteroatoms. The molecule has 0 aromatic carbocycles. The van der Waals surface area contributed by atoms with Crippen LogP contribution in [0, 0.1) is 5.92 Å². The highest BCUT2D eigenvalue weighted by molar-refractivity contribution is 7.13. The summed E-state index contributed by atoms with van der Waals surface area (Å²) < 4.78 is 2.38. The van der Waals surface area contributed by atoms with Crippen molar-refractivity contribution in [1.82, 2.24) is 25.2 Å². The van der Waals surface area contributed by atoms with E-state index >= 15 is 0 Å². The molecular formula is C18H25N5S. The third-order valence-electron chi connectivity index (χ3n) is 6.17. The zero-order valence-corrected chi connectivity index (χ0v) is 15.0. The number of nitrogens with one attached hydrogen (secondary N) is 1. The van der Waals surface area contributed by atoms with Gasteiger partial charge < -0.3 is 4.57 Å². The van der Waals surface area contributed by atoms with Crippen molar-refractivity contribution in [2.45, 2.75) is 70.1 Å². The predicted molar refractivity (Wildman–Crippen MR) is 95.5 cm³/mol. The normalized spacial score (nSPS) is 30.6. The lowest BCUT2D eigenvalue weighted by atomic mass is 9.86. The van der Waals surface area contributed by atoms with Gasteiger partial charge in [0.05, 0.1) is 10.9 Å². The van der Waals surface area contributed by atoms with Crippen molar-refractivity contribution in [3.8, 4) is 10.7 Å². The smallest absolute Gasteiger partial charge is 0.174 e. The Balaban J connectivity index is 1.55. The second-order valence-electron chi connectivity index (χ2n) is 7.40. The van der Waals surface area contributed by atoms with Crippen molar-refractivity contribution in [2.75, 3.05) is 0 Å². The number of nitrogens with zero attached hydrogens (tertiary/aromatic N) is 4. The fourth-order valence-electron chi connectivity index (χ4n) is 5.00. The van der Waals surface area contributed by atoms with Crippen LogP contribution in [0.25, 0.3) is 10.7 Å². The summed E-state index contributed by atoms with van der Waals surface area (Å²) in [5, 5.41) is 14.0. The Kier molecular flexibility index (Phi) is 3.72. The van der Waals surface area contributed by atoms with Gasteiger partial charge in [-0.05, 0) is 37.1 Å². The lowest BCUT2D eigenvalue weighted by molar-refractivity contribution is 0.0930. The third-order valence-corrected chi connectivity index (χ3v) is 7.03. The minimum absolute atomic E-state index is 0.396. The van der Waals surface area contributed by atoms with Crippen LogP contribution in [-0.4, -0.2) is 31.9 Å². The van der Waals surface area contributed by atoms with Gasteiger partial charge >= 0.3 is 0 Å². The first-order valence-electron chi connectivity index (χ1n) is 9.38. The second-order valence-corrected chi connectivity index (χ2v) is 8.35. The molecule has 2 aromatic rings. The topological polar surface area (TPSA) is 46.0 Å². The highest BCUT2D eigenvalue weighted by Gasteiger charge is 2.49. The van der Waals surface area contributed by atoms with Crippen molar-refractivity contribution in [3.63, 3.8) is 0 Å². The summed E-state index contributed by atoms with van der Waals surface area (Å²) in [5.41, 5.74) is 3.86. The molecule has 24 heavy (non-hydrogen) atoms. The Hall–Kier alpha value is -1.24. The monoisotopic (exact) mass is 343 g/mol. The van der Waals surface area contributed by atoms with Gasteiger partial charge in [-0.3, -0.25) is 5.43 Å². The molecule has 1 saturated carbocycles. The van der Waals surface area contributed by atoms with Crippen LogP contribution in [0.2, 0.25) is 0 Å². The molecule has 0 amide bonds. The van der Waals surface area contributed by atoms with Gasteiger partial charge in [-0.15, -0.1) is 21.5 Å². The number of fused-ring (bicyclic) bond motifs is 3. The summed E-state index contributed by atoms with van der Waals surface area (Å²) in [7, 11) is 0. The van der Waals surface area contributed by atoms with Crippen LogP contribution in [0.5, 0.6) is 0 Å². The molecular weight excluding hydrogens is 318 g/mol. The van der Waals surface area contributed by atoms with Gasteiger partial charge in [0.15, 0.2) is 11.6 Å². The van der Waals surface area contributed by atoms with Gasteiger partial charge in [0, 0.05) is 24.5 Å². The van der Waals surface area contributed by atoms with Crippen LogP contribution >= 0.6 is 11.3 Å². The van der Waals surface area contributed by atoms with E-state index in [1.165, 1.54) is 49.2 Å². The Morgan fingerprint density at radius 1 is 1.25 bits per heavy atom. The molecule has 0 spiro atoms. The van der Waals surface area contributed by atoms with Crippen molar-refractivity contribution in [2.24, 2.45) is 5.92 Å². The van der Waals surface area contributed by atoms with E-state index in [0.29, 0.717) is 24.0 Å². The fraction of sp³-hybridized carbons (Fsp3) is 0.667. The summed E-state index contributed by atoms with van der Waals surface area (Å²) in [6.45, 7) is 3.36. The van der Waals surface area contributed by atoms with Crippen molar-refractivity contribution >= 4 is 11.3 Å². The molecule has 1 aliphatic carbocycles. The van der Waals surface area contributed by atoms with E-state index in [0.717, 1.165) is 12.4 Å². The maximum atomic E-state index is 4.68. The molecule has 0 bridgehead atoms. The summed E-state index contributed by atoms with van der Waals surface area (Å²) in [6, 6.07) is 5.91. The zero-order chi connectivity index (χ0) is 16.1. The van der Waals surface area contributed by atoms with Crippen LogP contribution in [0.4, 0.5) is 0 Å². The molecule has 3 atom stereocenters. The van der Waals surface area contributed by atoms with Crippen LogP contribution in [0.3, 0.4) is 0 Å². The molecule has 3 aliphatic rings. The Labute approximate surface area is 147 Å². The van der Waals surface area contributed by atoms with Crippen LogP contribution in [0.1, 0.15) is 57.3 Å². The van der Waals surface area contributed by atoms with E-state index in [1.807, 2.05) is 0 Å². The van der Waals surface area contributed by atoms with Crippen LogP contribution in [0.15, 0.2) is 17.5 Å². The molecule has 1 N–H and O–H groups in total. The van der Waals surface area contributed by atoms with E-state index < -0.39 is 0 Å². The van der Waals surface area contributed by atoms with E-state index in [1.54, 1.807) is 11.3 Å². The standard InChI is InChI=1S/C18H25N5S/c1-2-14-13-9-10-22-17(15-8-5-11-24-15)19-20-18(22)16(13)23(21-14)12-6-3-4-7-12/h5,8,11-14,16,21H,2-4,6-7,9-10H2,1H3. The van der Waals surface area contributed by atoms with Crippen LogP contribution in [-0.2, 0) is 6.54 Å². The average molecular weight is 344 g/mol. The number of thiophene rings is 1. The van der Waals surface area contributed by atoms with Crippen molar-refractivity contribution in [1.29, 1.82) is 0 Å². The zero-order valence-electron chi connectivity index (χ0n) is 14.2. The van der Waals surface area contributed by atoms with Gasteiger partial charge in [-0.1, -0.05) is 25.8 Å². The fourth-order valence-corrected chi connectivity index (χ4v) is 5.72. The number of aromatic nitrogens is 3. The van der Waals surface area contributed by atoms with E-state index in [2.05, 4.69) is 49.6 Å². The minimum Gasteiger partial charge on any atom is -0.309 e. The van der Waals surface area contributed by atoms with Gasteiger partial charge in [-0.25, -0.2) is 5.01 Å². The molecule has 4 heterocycles. The molecule has 0 radical (unpaired) electrons. The number of hydrazine groups is 1. The lowest BCUT2D eigenvalue weighted by Gasteiger charge is -2.34. The molecule has 3 unspecified atom stereocenters. The molecule has 1 saturated heterocycles. The molecule has 5 nitrogen and oxygen atoms in total. The quantitative estimate of drug-likeness (QED) is 0.925. The molecule has 128 valence electrons. The Bertz CT molecular complexity index is 703. The molecule has 5 rings (SSSR count). The largest absolute Gasteiger partial charge is 0.309 e. The SMILES string of the molecule is CCC1NN(C2CCCC2)C2c3nnc(-c4cccs4)n3CCC12. The first-order valence-corrected chi connectivity index (χ1v) is 10.3. The first kappa shape index (κ1) is 15.0. The predicted octanol–water partition coefficient (Wildman–Crippen LogP) is 3.61. The number of rotatable bonds is 3. The van der Waals surface area contributed by atoms with Crippen molar-refractivity contribution < 1.29 is 0 Å². The van der Waals surface area contributed by atoms with E-state index in [4.69, 9.17) is 0 Å². The summed E-state index contributed by atoms with van der Waals surface area (Å²) in [5.74, 6) is 2.92. The summed E-state index contributed by atoms with van der Waals surface area (Å²) in [6.07, 6.45) is 7.78. The highest BCUT2D eigenvalue weighted by Crippen LogP contribution is 2.45. The minimum atomic E-state index is 0.396. The maximum Gasteiger partial charge on any atom is 0.174 e. The molecule has 2 aromatic heterocycles. The van der Waals surface area contributed by atoms with Crippen LogP contribution < -0.4 is 5.43 Å². The van der Waals surface area contributed by atoms with Gasteiger partial charge in [0.1, 0.15) is 0 Å². The maximum absolute atomic E-state index is 4.68. The Morgan fingerprint density at radius 2 is 2.12 bits per heavy atom. The van der Waals surface area contributed by atoms with Gasteiger partial charge in [0.2, 0.25) is 0 Å². The Morgan fingerprint density at radius 3 is 2.88 bits per heavy atom. The highest BCUT2D eigenvalue weighted by atomic mass is 32.1. The first-order chi connectivity index (χ1) is 11.9.